The molecule has 0 fully saturated rings. The van der Waals surface area contributed by atoms with Crippen molar-refractivity contribution < 1.29 is 14.3 Å². The highest BCUT2D eigenvalue weighted by Gasteiger charge is 2.09. The molecular weight excluding hydrogens is 242 g/mol. The van der Waals surface area contributed by atoms with E-state index < -0.39 is 5.97 Å². The average molecular weight is 261 g/mol. The first-order valence-corrected chi connectivity index (χ1v) is 6.17. The largest absolute Gasteiger partial charge is 0.491 e. The molecule has 0 aromatic heterocycles. The van der Waals surface area contributed by atoms with Crippen LogP contribution in [0.4, 0.5) is 5.69 Å². The molecule has 0 saturated heterocycles. The molecular formula is C15H19NO3. The molecule has 4 heteroatoms. The zero-order chi connectivity index (χ0) is 14.3. The molecule has 1 aromatic carbocycles. The van der Waals surface area contributed by atoms with Crippen LogP contribution in [0.25, 0.3) is 0 Å². The zero-order valence-corrected chi connectivity index (χ0v) is 11.3. The summed E-state index contributed by atoms with van der Waals surface area (Å²) in [6.45, 7) is 4.79. The molecule has 1 rings (SSSR count). The van der Waals surface area contributed by atoms with E-state index >= 15 is 0 Å². The van der Waals surface area contributed by atoms with Crippen molar-refractivity contribution in [2.45, 2.75) is 20.3 Å². The van der Waals surface area contributed by atoms with E-state index in [1.165, 1.54) is 6.07 Å². The Balaban J connectivity index is 2.64. The molecule has 0 aliphatic carbocycles. The zero-order valence-electron chi connectivity index (χ0n) is 11.3. The standard InChI is InChI=1S/C15H19NO3/c1-4-8-19-15(17)12-5-6-14(13(16)10-12)18-9-7-11(2)3/h1,5-6,10-11H,7-9,16H2,2-3H3. The smallest absolute Gasteiger partial charge is 0.339 e. The van der Waals surface area contributed by atoms with Gasteiger partial charge in [0.05, 0.1) is 17.9 Å². The number of terminal acetylenes is 1. The van der Waals surface area contributed by atoms with E-state index in [9.17, 15) is 4.79 Å². The number of hydrogen-bond acceptors (Lipinski definition) is 4. The number of hydrogen-bond donors (Lipinski definition) is 1. The maximum absolute atomic E-state index is 11.6. The Morgan fingerprint density at radius 3 is 2.79 bits per heavy atom. The Morgan fingerprint density at radius 1 is 1.47 bits per heavy atom. The summed E-state index contributed by atoms with van der Waals surface area (Å²) in [5, 5.41) is 0. The molecule has 0 bridgehead atoms. The molecule has 19 heavy (non-hydrogen) atoms. The lowest BCUT2D eigenvalue weighted by Gasteiger charge is -2.11. The van der Waals surface area contributed by atoms with Crippen LogP contribution in [-0.2, 0) is 4.74 Å². The van der Waals surface area contributed by atoms with Crippen LogP contribution in [0, 0.1) is 18.3 Å². The summed E-state index contributed by atoms with van der Waals surface area (Å²) in [5.41, 5.74) is 6.61. The van der Waals surface area contributed by atoms with Crippen LogP contribution >= 0.6 is 0 Å². The molecule has 0 radical (unpaired) electrons. The molecule has 1 aromatic rings. The molecule has 2 N–H and O–H groups in total. The van der Waals surface area contributed by atoms with Gasteiger partial charge in [-0.25, -0.2) is 4.79 Å². The Morgan fingerprint density at radius 2 is 2.21 bits per heavy atom. The summed E-state index contributed by atoms with van der Waals surface area (Å²) in [6, 6.07) is 4.81. The summed E-state index contributed by atoms with van der Waals surface area (Å²) >= 11 is 0. The fraction of sp³-hybridized carbons (Fsp3) is 0.400. The third-order valence-electron chi connectivity index (χ3n) is 2.48. The minimum Gasteiger partial charge on any atom is -0.491 e. The van der Waals surface area contributed by atoms with Gasteiger partial charge in [0.15, 0.2) is 6.61 Å². The van der Waals surface area contributed by atoms with Crippen molar-refractivity contribution in [3.8, 4) is 18.1 Å². The molecule has 0 aliphatic rings. The number of carbonyl (C=O) groups excluding carboxylic acids is 1. The predicted octanol–water partition coefficient (Wildman–Crippen LogP) is 2.48. The quantitative estimate of drug-likeness (QED) is 0.485. The van der Waals surface area contributed by atoms with Crippen LogP contribution < -0.4 is 10.5 Å². The summed E-state index contributed by atoms with van der Waals surface area (Å²) in [7, 11) is 0. The lowest BCUT2D eigenvalue weighted by Crippen LogP contribution is -2.07. The van der Waals surface area contributed by atoms with Gasteiger partial charge in [0.25, 0.3) is 0 Å². The van der Waals surface area contributed by atoms with Gasteiger partial charge in [-0.15, -0.1) is 6.42 Å². The first-order valence-electron chi connectivity index (χ1n) is 6.17. The minimum absolute atomic E-state index is 0.0502. The second-order valence-corrected chi connectivity index (χ2v) is 4.56. The van der Waals surface area contributed by atoms with Crippen molar-refractivity contribution in [1.82, 2.24) is 0 Å². The van der Waals surface area contributed by atoms with Gasteiger partial charge >= 0.3 is 5.97 Å². The highest BCUT2D eigenvalue weighted by molar-refractivity contribution is 5.91. The van der Waals surface area contributed by atoms with E-state index in [4.69, 9.17) is 21.6 Å². The molecule has 0 unspecified atom stereocenters. The second kappa shape index (κ2) is 7.32. The molecule has 0 atom stereocenters. The summed E-state index contributed by atoms with van der Waals surface area (Å²) in [6.07, 6.45) is 5.97. The van der Waals surface area contributed by atoms with Crippen molar-refractivity contribution in [1.29, 1.82) is 0 Å². The molecule has 0 amide bonds. The normalized spacial score (nSPS) is 10.0. The van der Waals surface area contributed by atoms with Crippen LogP contribution in [0.15, 0.2) is 18.2 Å². The van der Waals surface area contributed by atoms with Crippen molar-refractivity contribution in [3.05, 3.63) is 23.8 Å². The van der Waals surface area contributed by atoms with Crippen LogP contribution in [0.1, 0.15) is 30.6 Å². The molecule has 0 spiro atoms. The van der Waals surface area contributed by atoms with E-state index in [1.807, 2.05) is 0 Å². The number of esters is 1. The molecule has 0 saturated carbocycles. The number of carbonyl (C=O) groups is 1. The van der Waals surface area contributed by atoms with E-state index in [0.717, 1.165) is 6.42 Å². The molecule has 0 aliphatic heterocycles. The third kappa shape index (κ3) is 4.92. The number of ether oxygens (including phenoxy) is 2. The third-order valence-corrected chi connectivity index (χ3v) is 2.48. The van der Waals surface area contributed by atoms with Gasteiger partial charge in [-0.1, -0.05) is 19.8 Å². The van der Waals surface area contributed by atoms with E-state index in [1.54, 1.807) is 12.1 Å². The second-order valence-electron chi connectivity index (χ2n) is 4.56. The highest BCUT2D eigenvalue weighted by atomic mass is 16.5. The molecule has 102 valence electrons. The fourth-order valence-corrected chi connectivity index (χ4v) is 1.40. The van der Waals surface area contributed by atoms with Gasteiger partial charge in [-0.05, 0) is 30.5 Å². The molecule has 4 nitrogen and oxygen atoms in total. The van der Waals surface area contributed by atoms with Gasteiger partial charge in [-0.2, -0.15) is 0 Å². The van der Waals surface area contributed by atoms with Gasteiger partial charge < -0.3 is 15.2 Å². The van der Waals surface area contributed by atoms with Crippen molar-refractivity contribution >= 4 is 11.7 Å². The van der Waals surface area contributed by atoms with Crippen molar-refractivity contribution in [2.24, 2.45) is 5.92 Å². The number of anilines is 1. The Hall–Kier alpha value is -2.15. The summed E-state index contributed by atoms with van der Waals surface area (Å²) < 4.78 is 10.4. The maximum atomic E-state index is 11.6. The first kappa shape index (κ1) is 14.9. The lowest BCUT2D eigenvalue weighted by molar-refractivity contribution is 0.0557. The summed E-state index contributed by atoms with van der Waals surface area (Å²) in [5.74, 6) is 2.89. The maximum Gasteiger partial charge on any atom is 0.339 e. The Kier molecular flexibility index (Phi) is 5.74. The van der Waals surface area contributed by atoms with E-state index in [-0.39, 0.29) is 6.61 Å². The van der Waals surface area contributed by atoms with Crippen LogP contribution in [-0.4, -0.2) is 19.2 Å². The number of nitrogens with two attached hydrogens (primary N) is 1. The average Bonchev–Trinajstić information content (AvgIpc) is 2.37. The van der Waals surface area contributed by atoms with E-state index in [0.29, 0.717) is 29.5 Å². The van der Waals surface area contributed by atoms with Crippen LogP contribution in [0.2, 0.25) is 0 Å². The number of nitrogen functional groups attached to an aromatic ring is 1. The SMILES string of the molecule is C#CCOC(=O)c1ccc(OCCC(C)C)c(N)c1. The predicted molar refractivity (Wildman–Crippen MR) is 74.9 cm³/mol. The number of rotatable bonds is 6. The van der Waals surface area contributed by atoms with Crippen LogP contribution in [0.3, 0.4) is 0 Å². The van der Waals surface area contributed by atoms with Crippen molar-refractivity contribution in [3.63, 3.8) is 0 Å². The molecule has 0 heterocycles. The highest BCUT2D eigenvalue weighted by Crippen LogP contribution is 2.23. The first-order chi connectivity index (χ1) is 9.04. The van der Waals surface area contributed by atoms with Gasteiger partial charge in [0.2, 0.25) is 0 Å². The lowest BCUT2D eigenvalue weighted by atomic mass is 10.1. The van der Waals surface area contributed by atoms with Crippen LogP contribution in [0.5, 0.6) is 5.75 Å². The number of benzene rings is 1. The van der Waals surface area contributed by atoms with Gasteiger partial charge in [0, 0.05) is 0 Å². The van der Waals surface area contributed by atoms with Gasteiger partial charge in [0.1, 0.15) is 5.75 Å². The van der Waals surface area contributed by atoms with Gasteiger partial charge in [-0.3, -0.25) is 0 Å². The Bertz CT molecular complexity index is 475. The fourth-order valence-electron chi connectivity index (χ4n) is 1.40. The topological polar surface area (TPSA) is 61.5 Å². The Labute approximate surface area is 113 Å². The monoisotopic (exact) mass is 261 g/mol. The van der Waals surface area contributed by atoms with E-state index in [2.05, 4.69) is 19.8 Å². The summed E-state index contributed by atoms with van der Waals surface area (Å²) in [4.78, 5) is 11.6. The minimum atomic E-state index is -0.488. The van der Waals surface area contributed by atoms with Crippen molar-refractivity contribution in [2.75, 3.05) is 18.9 Å².